The van der Waals surface area contributed by atoms with E-state index in [0.717, 1.165) is 12.1 Å². The quantitative estimate of drug-likeness (QED) is 0.0505. The smallest absolute Gasteiger partial charge is 0.870 e. The number of carbonyl (C=O) groups is 2. The van der Waals surface area contributed by atoms with Crippen LogP contribution in [0.2, 0.25) is 10.0 Å². The van der Waals surface area contributed by atoms with Crippen molar-refractivity contribution in [1.82, 2.24) is 0 Å². The summed E-state index contributed by atoms with van der Waals surface area (Å²) in [7, 11) is -6.31. The molecule has 8 rings (SSSR count). The number of rotatable bonds is 12. The van der Waals surface area contributed by atoms with E-state index in [1.807, 2.05) is 0 Å². The molecule has 0 saturated heterocycles. The van der Waals surface area contributed by atoms with E-state index >= 15 is 0 Å². The van der Waals surface area contributed by atoms with Crippen LogP contribution in [0.1, 0.15) is 31.8 Å². The first-order valence-corrected chi connectivity index (χ1v) is 24.5. The molecule has 0 bridgehead atoms. The standard InChI is InChI=1S/2C25H20ClN3O6S.Ca/c2*1-14-21(12-16(26)13-22(14)36(32,33)34)28-29-23-19-6-4-3-5-15(19)11-20(24(23)30)25(31)27-17-7-9-18(35-2)10-8-17;/h2*3-13,30H,1-2H3,(H,27,31)(H,32,33,34);/q;;+2/p-2. The van der Waals surface area contributed by atoms with Crippen LogP contribution in [0.25, 0.3) is 21.5 Å². The number of benzene rings is 8. The van der Waals surface area contributed by atoms with E-state index in [1.54, 1.807) is 97.1 Å². The first-order chi connectivity index (χ1) is 34.2. The molecule has 0 saturated carbocycles. The van der Waals surface area contributed by atoms with Crippen LogP contribution in [0.5, 0.6) is 23.0 Å². The number of methoxy groups -OCH3 is 2. The van der Waals surface area contributed by atoms with E-state index in [-0.39, 0.29) is 92.8 Å². The molecule has 0 aliphatic carbocycles. The fourth-order valence-corrected chi connectivity index (χ4v) is 9.21. The zero-order chi connectivity index (χ0) is 52.1. The summed E-state index contributed by atoms with van der Waals surface area (Å²) in [5, 5.41) is 48.1. The van der Waals surface area contributed by atoms with Crippen molar-refractivity contribution in [2.75, 3.05) is 24.9 Å². The van der Waals surface area contributed by atoms with Crippen LogP contribution in [0.15, 0.2) is 164 Å². The first-order valence-electron chi connectivity index (χ1n) is 20.9. The van der Waals surface area contributed by atoms with Gasteiger partial charge in [-0.25, -0.2) is 8.42 Å². The van der Waals surface area contributed by atoms with Gasteiger partial charge in [0.2, 0.25) is 0 Å². The fourth-order valence-electron chi connectivity index (χ4n) is 7.14. The molecule has 4 N–H and O–H groups in total. The largest absolute Gasteiger partial charge is 2.00 e. The average Bonchev–Trinajstić information content (AvgIpc) is 3.34. The van der Waals surface area contributed by atoms with E-state index in [0.29, 0.717) is 44.4 Å². The number of ether oxygens (including phenoxy) is 2. The van der Waals surface area contributed by atoms with Crippen molar-refractivity contribution in [1.29, 1.82) is 0 Å². The number of anilines is 2. The van der Waals surface area contributed by atoms with E-state index in [9.17, 15) is 45.7 Å². The summed E-state index contributed by atoms with van der Waals surface area (Å²) in [5.74, 6) is -1.09. The van der Waals surface area contributed by atoms with Gasteiger partial charge in [-0.2, -0.15) is 23.8 Å². The molecule has 8 aromatic carbocycles. The van der Waals surface area contributed by atoms with Crippen molar-refractivity contribution in [3.8, 4) is 23.0 Å². The Morgan fingerprint density at radius 2 is 1.00 bits per heavy atom. The van der Waals surface area contributed by atoms with Gasteiger partial charge in [-0.3, -0.25) is 14.1 Å². The second-order valence-electron chi connectivity index (χ2n) is 15.5. The number of hydrogen-bond donors (Lipinski definition) is 4. The molecule has 23 heteroatoms. The summed E-state index contributed by atoms with van der Waals surface area (Å²) in [6.07, 6.45) is 0. The Morgan fingerprint density at radius 1 is 0.589 bits per heavy atom. The zero-order valence-electron chi connectivity index (χ0n) is 38.7. The van der Waals surface area contributed by atoms with Crippen molar-refractivity contribution >= 4 is 149 Å². The van der Waals surface area contributed by atoms with Gasteiger partial charge in [0, 0.05) is 37.8 Å². The van der Waals surface area contributed by atoms with Crippen LogP contribution in [0, 0.1) is 13.8 Å². The van der Waals surface area contributed by atoms with Crippen LogP contribution in [0.4, 0.5) is 34.1 Å². The molecular weight excluding hydrogens is 1050 g/mol. The van der Waals surface area contributed by atoms with Crippen molar-refractivity contribution in [2.24, 2.45) is 20.5 Å². The van der Waals surface area contributed by atoms with E-state index in [1.165, 1.54) is 52.3 Å². The van der Waals surface area contributed by atoms with E-state index < -0.39 is 53.3 Å². The molecule has 0 atom stereocenters. The zero-order valence-corrected chi connectivity index (χ0v) is 44.1. The number of azo groups is 2. The number of fused-ring (bicyclic) bond motifs is 2. The second-order valence-corrected chi connectivity index (χ2v) is 19.1. The van der Waals surface area contributed by atoms with Crippen molar-refractivity contribution < 1.29 is 55.2 Å². The van der Waals surface area contributed by atoms with Gasteiger partial charge in [0.25, 0.3) is 21.9 Å². The Morgan fingerprint density at radius 3 is 1.47 bits per heavy atom. The molecule has 8 aromatic rings. The molecule has 0 aliphatic rings. The molecule has 0 radical (unpaired) electrons. The first kappa shape index (κ1) is 55.6. The molecule has 2 amide bonds. The Labute approximate surface area is 457 Å². The van der Waals surface area contributed by atoms with Gasteiger partial charge in [-0.1, -0.05) is 77.5 Å². The fraction of sp³-hybridized carbons (Fsp3) is 0.0800. The van der Waals surface area contributed by atoms with E-state index in [4.69, 9.17) is 32.7 Å². The van der Waals surface area contributed by atoms with Gasteiger partial charge in [0.1, 0.15) is 32.2 Å². The third kappa shape index (κ3) is 13.1. The third-order valence-corrected chi connectivity index (χ3v) is 13.2. The number of carbonyl (C=O) groups excluding carboxylic acids is 2. The maximum absolute atomic E-state index is 13.3. The molecule has 18 nitrogen and oxygen atoms in total. The van der Waals surface area contributed by atoms with Gasteiger partial charge < -0.3 is 34.9 Å². The van der Waals surface area contributed by atoms with Gasteiger partial charge >= 0.3 is 37.7 Å². The van der Waals surface area contributed by atoms with Gasteiger partial charge in [-0.05, 0) is 121 Å². The number of phenolic OH excluding ortho intramolecular Hbond substituents is 1. The number of hydrogen-bond acceptors (Lipinski definition) is 15. The average molecular weight is 1090 g/mol. The van der Waals surface area contributed by atoms with Crippen molar-refractivity contribution in [3.05, 3.63) is 166 Å². The van der Waals surface area contributed by atoms with E-state index in [2.05, 4.69) is 31.1 Å². The molecule has 368 valence electrons. The number of phenols is 1. The minimum absolute atomic E-state index is 0. The SMILES string of the molecule is COc1ccc(NC(=O)c2cc3ccccc3c(N=Nc3cc(Cl)cc(S(=O)(=O)O)c3C)c2O)cc1.COc1ccc(NC(=O)c2cc3ccccc3c(N=Nc3cc(Cl)cc(S(=O)(=O)[O-])c3C)c2[O-])cc1.[Ca+2]. The van der Waals surface area contributed by atoms with Gasteiger partial charge in [-0.15, -0.1) is 5.11 Å². The Kier molecular flexibility index (Phi) is 17.8. The van der Waals surface area contributed by atoms with Crippen LogP contribution >= 0.6 is 23.2 Å². The van der Waals surface area contributed by atoms with Crippen molar-refractivity contribution in [2.45, 2.75) is 23.6 Å². The monoisotopic (exact) mass is 1090 g/mol. The van der Waals surface area contributed by atoms with Crippen LogP contribution in [-0.4, -0.2) is 94.8 Å². The predicted molar refractivity (Wildman–Crippen MR) is 275 cm³/mol. The molecule has 0 fully saturated rings. The summed E-state index contributed by atoms with van der Waals surface area (Å²) in [4.78, 5) is 25.1. The summed E-state index contributed by atoms with van der Waals surface area (Å²) < 4.78 is 77.8. The Balaban J connectivity index is 0.000000235. The summed E-state index contributed by atoms with van der Waals surface area (Å²) in [6, 6.07) is 34.8. The van der Waals surface area contributed by atoms with Crippen LogP contribution < -0.4 is 25.2 Å². The van der Waals surface area contributed by atoms with Crippen LogP contribution in [-0.2, 0) is 20.2 Å². The third-order valence-electron chi connectivity index (χ3n) is 10.8. The summed E-state index contributed by atoms with van der Waals surface area (Å²) >= 11 is 12.0. The van der Waals surface area contributed by atoms with Gasteiger partial charge in [0.15, 0.2) is 5.75 Å². The maximum atomic E-state index is 13.3. The molecule has 0 heterocycles. The molecule has 0 aromatic heterocycles. The number of nitrogens with one attached hydrogen (secondary N) is 2. The number of halogens is 2. The molecular formula is C50H38CaCl2N6O12S2. The maximum Gasteiger partial charge on any atom is 2.00 e. The molecule has 0 spiro atoms. The summed E-state index contributed by atoms with van der Waals surface area (Å²) in [6.45, 7) is 2.81. The number of amides is 2. The topological polar surface area (TPSA) is 281 Å². The Bertz CT molecular complexity index is 3490. The normalized spacial score (nSPS) is 11.5. The van der Waals surface area contributed by atoms with Crippen LogP contribution in [0.3, 0.4) is 0 Å². The second kappa shape index (κ2) is 23.4. The molecule has 0 unspecified atom stereocenters. The number of nitrogens with zero attached hydrogens (tertiary/aromatic N) is 4. The Hall–Kier alpha value is -6.72. The van der Waals surface area contributed by atoms with Crippen molar-refractivity contribution in [3.63, 3.8) is 0 Å². The molecule has 73 heavy (non-hydrogen) atoms. The summed E-state index contributed by atoms with van der Waals surface area (Å²) in [5.41, 5.74) is 0.816. The number of aromatic hydroxyl groups is 1. The minimum atomic E-state index is -4.82. The predicted octanol–water partition coefficient (Wildman–Crippen LogP) is 11.5. The molecule has 0 aliphatic heterocycles. The minimum Gasteiger partial charge on any atom is -0.870 e. The van der Waals surface area contributed by atoms with Gasteiger partial charge in [0.05, 0.1) is 41.7 Å².